The van der Waals surface area contributed by atoms with E-state index in [9.17, 15) is 13.2 Å². The van der Waals surface area contributed by atoms with Crippen LogP contribution in [0.15, 0.2) is 28.0 Å². The number of allylic oxidation sites excluding steroid dienone is 1. The van der Waals surface area contributed by atoms with E-state index in [1.54, 1.807) is 16.4 Å². The van der Waals surface area contributed by atoms with Gasteiger partial charge in [-0.25, -0.2) is 8.42 Å². The predicted octanol–water partition coefficient (Wildman–Crippen LogP) is 3.08. The molecule has 1 amide bonds. The van der Waals surface area contributed by atoms with Crippen molar-refractivity contribution >= 4 is 27.3 Å². The Kier molecular flexibility index (Phi) is 6.30. The van der Waals surface area contributed by atoms with Crippen LogP contribution in [0, 0.1) is 0 Å². The molecule has 0 bridgehead atoms. The predicted molar refractivity (Wildman–Crippen MR) is 100 cm³/mol. The first-order chi connectivity index (χ1) is 12.1. The average molecular weight is 383 g/mol. The van der Waals surface area contributed by atoms with Crippen LogP contribution in [0.25, 0.3) is 0 Å². The molecule has 25 heavy (non-hydrogen) atoms. The van der Waals surface area contributed by atoms with Crippen LogP contribution in [0.4, 0.5) is 0 Å². The smallest absolute Gasteiger partial charge is 0.252 e. The Morgan fingerprint density at radius 3 is 2.68 bits per heavy atom. The topological polar surface area (TPSA) is 66.5 Å². The number of hydrogen-bond donors (Lipinski definition) is 1. The molecule has 1 aromatic heterocycles. The van der Waals surface area contributed by atoms with Crippen LogP contribution in [-0.4, -0.2) is 38.3 Å². The van der Waals surface area contributed by atoms with Gasteiger partial charge in [0.2, 0.25) is 5.91 Å². The average Bonchev–Trinajstić information content (AvgIpc) is 3.28. The van der Waals surface area contributed by atoms with Gasteiger partial charge < -0.3 is 5.32 Å². The van der Waals surface area contributed by atoms with Crippen molar-refractivity contribution in [2.24, 2.45) is 0 Å². The Morgan fingerprint density at radius 1 is 1.16 bits per heavy atom. The first kappa shape index (κ1) is 18.6. The molecule has 0 spiro atoms. The number of hydrogen-bond acceptors (Lipinski definition) is 4. The van der Waals surface area contributed by atoms with Crippen LogP contribution >= 0.6 is 11.3 Å². The van der Waals surface area contributed by atoms with Gasteiger partial charge in [0, 0.05) is 24.5 Å². The number of rotatable bonds is 7. The number of sulfonamides is 1. The van der Waals surface area contributed by atoms with E-state index in [-0.39, 0.29) is 12.3 Å². The van der Waals surface area contributed by atoms with Crippen LogP contribution < -0.4 is 5.32 Å². The van der Waals surface area contributed by atoms with Crippen molar-refractivity contribution in [3.8, 4) is 0 Å². The molecule has 1 aromatic rings. The molecule has 0 radical (unpaired) electrons. The number of nitrogens with zero attached hydrogens (tertiary/aromatic N) is 1. The number of carbonyl (C=O) groups is 1. The lowest BCUT2D eigenvalue weighted by Gasteiger charge is -2.13. The standard InChI is InChI=1S/C18H26N2O3S2/c21-17(19-11-10-15-6-2-1-3-7-15)14-16-8-9-18(24-16)25(22,23)20-12-4-5-13-20/h6,8-9H,1-5,7,10-14H2,(H,19,21). The summed E-state index contributed by atoms with van der Waals surface area (Å²) >= 11 is 1.21. The highest BCUT2D eigenvalue weighted by Gasteiger charge is 2.28. The van der Waals surface area contributed by atoms with Crippen molar-refractivity contribution in [1.29, 1.82) is 0 Å². The summed E-state index contributed by atoms with van der Waals surface area (Å²) in [5.74, 6) is -0.0385. The zero-order chi connectivity index (χ0) is 17.7. The Hall–Kier alpha value is -1.18. The molecular formula is C18H26N2O3S2. The second-order valence-corrected chi connectivity index (χ2v) is 10.0. The van der Waals surface area contributed by atoms with Gasteiger partial charge in [0.1, 0.15) is 4.21 Å². The van der Waals surface area contributed by atoms with Crippen LogP contribution in [0.2, 0.25) is 0 Å². The van der Waals surface area contributed by atoms with E-state index in [0.717, 1.165) is 37.0 Å². The number of amides is 1. The van der Waals surface area contributed by atoms with Gasteiger partial charge in [0.05, 0.1) is 6.42 Å². The molecule has 0 unspecified atom stereocenters. The lowest BCUT2D eigenvalue weighted by Crippen LogP contribution is -2.27. The van der Waals surface area contributed by atoms with Crippen molar-refractivity contribution in [2.75, 3.05) is 19.6 Å². The van der Waals surface area contributed by atoms with Gasteiger partial charge in [-0.05, 0) is 57.1 Å². The summed E-state index contributed by atoms with van der Waals surface area (Å²) in [5.41, 5.74) is 1.45. The molecule has 1 saturated heterocycles. The monoisotopic (exact) mass is 382 g/mol. The summed E-state index contributed by atoms with van der Waals surface area (Å²) in [5, 5.41) is 2.95. The Labute approximate surface area is 154 Å². The zero-order valence-electron chi connectivity index (χ0n) is 14.5. The largest absolute Gasteiger partial charge is 0.355 e. The highest BCUT2D eigenvalue weighted by Crippen LogP contribution is 2.27. The molecule has 0 aromatic carbocycles. The van der Waals surface area contributed by atoms with Crippen molar-refractivity contribution in [3.63, 3.8) is 0 Å². The summed E-state index contributed by atoms with van der Waals surface area (Å²) < 4.78 is 26.9. The van der Waals surface area contributed by atoms with E-state index in [1.807, 2.05) is 0 Å². The van der Waals surface area contributed by atoms with Gasteiger partial charge in [-0.15, -0.1) is 11.3 Å². The molecule has 1 aliphatic carbocycles. The molecule has 3 rings (SSSR count). The van der Waals surface area contributed by atoms with E-state index in [1.165, 1.54) is 29.8 Å². The molecular weight excluding hydrogens is 356 g/mol. The first-order valence-electron chi connectivity index (χ1n) is 9.09. The highest BCUT2D eigenvalue weighted by atomic mass is 32.2. The van der Waals surface area contributed by atoms with E-state index >= 15 is 0 Å². The van der Waals surface area contributed by atoms with E-state index < -0.39 is 10.0 Å². The molecule has 2 aliphatic rings. The van der Waals surface area contributed by atoms with Gasteiger partial charge in [0.15, 0.2) is 0 Å². The molecule has 5 nitrogen and oxygen atoms in total. The quantitative estimate of drug-likeness (QED) is 0.737. The maximum atomic E-state index is 12.5. The van der Waals surface area contributed by atoms with Crippen molar-refractivity contribution < 1.29 is 13.2 Å². The SMILES string of the molecule is O=C(Cc1ccc(S(=O)(=O)N2CCCC2)s1)NCCC1=CCCCC1. The molecule has 0 atom stereocenters. The van der Waals surface area contributed by atoms with Crippen LogP contribution in [0.3, 0.4) is 0 Å². The summed E-state index contributed by atoms with van der Waals surface area (Å²) in [7, 11) is -3.37. The van der Waals surface area contributed by atoms with Crippen LogP contribution in [0.5, 0.6) is 0 Å². The Bertz CT molecular complexity index is 731. The minimum atomic E-state index is -3.37. The maximum absolute atomic E-state index is 12.5. The Balaban J connectivity index is 1.49. The first-order valence-corrected chi connectivity index (χ1v) is 11.3. The van der Waals surface area contributed by atoms with Gasteiger partial charge in [-0.1, -0.05) is 11.6 Å². The van der Waals surface area contributed by atoms with Crippen LogP contribution in [0.1, 0.15) is 49.8 Å². The molecule has 2 heterocycles. The van der Waals surface area contributed by atoms with Gasteiger partial charge in [-0.2, -0.15) is 4.31 Å². The molecule has 1 fully saturated rings. The number of thiophene rings is 1. The number of carbonyl (C=O) groups excluding carboxylic acids is 1. The summed E-state index contributed by atoms with van der Waals surface area (Å²) in [6.07, 6.45) is 10.2. The molecule has 1 N–H and O–H groups in total. The zero-order valence-corrected chi connectivity index (χ0v) is 16.1. The fourth-order valence-electron chi connectivity index (χ4n) is 3.36. The van der Waals surface area contributed by atoms with Crippen molar-refractivity contribution in [3.05, 3.63) is 28.7 Å². The number of nitrogens with one attached hydrogen (secondary N) is 1. The Morgan fingerprint density at radius 2 is 1.96 bits per heavy atom. The van der Waals surface area contributed by atoms with Gasteiger partial charge in [0.25, 0.3) is 10.0 Å². The normalized spacial score (nSPS) is 19.0. The third kappa shape index (κ3) is 4.92. The van der Waals surface area contributed by atoms with E-state index in [4.69, 9.17) is 0 Å². The summed E-state index contributed by atoms with van der Waals surface area (Å²) in [6.45, 7) is 1.87. The molecule has 7 heteroatoms. The second kappa shape index (κ2) is 8.47. The summed E-state index contributed by atoms with van der Waals surface area (Å²) in [6, 6.07) is 3.39. The third-order valence-electron chi connectivity index (χ3n) is 4.78. The third-order valence-corrected chi connectivity index (χ3v) is 8.24. The van der Waals surface area contributed by atoms with Gasteiger partial charge >= 0.3 is 0 Å². The van der Waals surface area contributed by atoms with Crippen LogP contribution in [-0.2, 0) is 21.2 Å². The fraction of sp³-hybridized carbons (Fsp3) is 0.611. The fourth-order valence-corrected chi connectivity index (χ4v) is 6.39. The van der Waals surface area contributed by atoms with E-state index in [0.29, 0.717) is 23.8 Å². The van der Waals surface area contributed by atoms with Crippen molar-refractivity contribution in [2.45, 2.75) is 55.6 Å². The minimum absolute atomic E-state index is 0.0385. The highest BCUT2D eigenvalue weighted by molar-refractivity contribution is 7.91. The molecule has 0 saturated carbocycles. The second-order valence-electron chi connectivity index (χ2n) is 6.72. The van der Waals surface area contributed by atoms with E-state index in [2.05, 4.69) is 11.4 Å². The molecule has 138 valence electrons. The molecule has 1 aliphatic heterocycles. The summed E-state index contributed by atoms with van der Waals surface area (Å²) in [4.78, 5) is 12.9. The van der Waals surface area contributed by atoms with Gasteiger partial charge in [-0.3, -0.25) is 4.79 Å². The lowest BCUT2D eigenvalue weighted by atomic mass is 9.97. The lowest BCUT2D eigenvalue weighted by molar-refractivity contribution is -0.120. The minimum Gasteiger partial charge on any atom is -0.355 e. The maximum Gasteiger partial charge on any atom is 0.252 e. The van der Waals surface area contributed by atoms with Crippen molar-refractivity contribution in [1.82, 2.24) is 9.62 Å².